The van der Waals surface area contributed by atoms with Gasteiger partial charge >= 0.3 is 0 Å². The van der Waals surface area contributed by atoms with Crippen molar-refractivity contribution in [2.45, 2.75) is 132 Å². The van der Waals surface area contributed by atoms with E-state index in [0.717, 1.165) is 44.1 Å². The lowest BCUT2D eigenvalue weighted by Crippen LogP contribution is -2.21. The van der Waals surface area contributed by atoms with Crippen molar-refractivity contribution in [2.24, 2.45) is 17.3 Å². The second-order valence-electron chi connectivity index (χ2n) is 12.0. The van der Waals surface area contributed by atoms with Gasteiger partial charge in [0.15, 0.2) is 0 Å². The molecule has 2 aromatic carbocycles. The maximum Gasteiger partial charge on any atom is 0.125 e. The van der Waals surface area contributed by atoms with Crippen LogP contribution in [0, 0.1) is 17.3 Å². The standard InChI is InChI=1S/C36H56O/c1-8-30-26-34(31-22-20-29(21-23-31)19-18-28-16-14-27(7)15-17-28)32(9-2)33(10-3)35(30)37-25-24-36(11-4,12-5)13-6/h20-23,26-28H,8-19,24-25H2,1-7H3. The number of benzene rings is 2. The Labute approximate surface area is 229 Å². The van der Waals surface area contributed by atoms with E-state index in [-0.39, 0.29) is 0 Å². The molecule has 1 fully saturated rings. The Morgan fingerprint density at radius 1 is 0.784 bits per heavy atom. The van der Waals surface area contributed by atoms with Crippen LogP contribution < -0.4 is 4.74 Å². The number of hydrogen-bond donors (Lipinski definition) is 0. The third kappa shape index (κ3) is 7.42. The van der Waals surface area contributed by atoms with Gasteiger partial charge in [0.1, 0.15) is 5.75 Å². The van der Waals surface area contributed by atoms with Crippen molar-refractivity contribution in [3.05, 3.63) is 52.6 Å². The summed E-state index contributed by atoms with van der Waals surface area (Å²) in [7, 11) is 0. The SMILES string of the molecule is CCc1cc(-c2ccc(CCC3CCC(C)CC3)cc2)c(CC)c(CC)c1OCCC(CC)(CC)CC. The Kier molecular flexibility index (Phi) is 11.6. The normalized spacial score (nSPS) is 18.2. The summed E-state index contributed by atoms with van der Waals surface area (Å²) in [5.74, 6) is 3.06. The zero-order valence-corrected chi connectivity index (χ0v) is 25.3. The predicted molar refractivity (Wildman–Crippen MR) is 163 cm³/mol. The molecule has 0 bridgehead atoms. The maximum atomic E-state index is 6.66. The molecule has 1 aliphatic rings. The lowest BCUT2D eigenvalue weighted by molar-refractivity contribution is 0.172. The van der Waals surface area contributed by atoms with Crippen LogP contribution in [0.25, 0.3) is 11.1 Å². The molecule has 0 unspecified atom stereocenters. The van der Waals surface area contributed by atoms with Crippen LogP contribution in [-0.4, -0.2) is 6.61 Å². The molecule has 206 valence electrons. The van der Waals surface area contributed by atoms with E-state index in [1.54, 1.807) is 0 Å². The summed E-state index contributed by atoms with van der Waals surface area (Å²) < 4.78 is 6.66. The summed E-state index contributed by atoms with van der Waals surface area (Å²) in [5.41, 5.74) is 8.98. The van der Waals surface area contributed by atoms with Gasteiger partial charge in [0.2, 0.25) is 0 Å². The molecule has 0 aromatic heterocycles. The quantitative estimate of drug-likeness (QED) is 0.248. The van der Waals surface area contributed by atoms with Gasteiger partial charge < -0.3 is 4.74 Å². The summed E-state index contributed by atoms with van der Waals surface area (Å²) >= 11 is 0. The van der Waals surface area contributed by atoms with Gasteiger partial charge in [0, 0.05) is 0 Å². The summed E-state index contributed by atoms with van der Waals surface area (Å²) in [4.78, 5) is 0. The minimum atomic E-state index is 0.420. The number of rotatable bonds is 14. The fourth-order valence-corrected chi connectivity index (χ4v) is 6.79. The van der Waals surface area contributed by atoms with Crippen LogP contribution >= 0.6 is 0 Å². The molecule has 2 aromatic rings. The lowest BCUT2D eigenvalue weighted by atomic mass is 9.77. The molecule has 0 radical (unpaired) electrons. The molecular weight excluding hydrogens is 448 g/mol. The third-order valence-electron chi connectivity index (χ3n) is 10.0. The highest BCUT2D eigenvalue weighted by molar-refractivity contribution is 5.72. The molecule has 0 amide bonds. The van der Waals surface area contributed by atoms with Crippen LogP contribution in [0.1, 0.15) is 129 Å². The maximum absolute atomic E-state index is 6.66. The average Bonchev–Trinajstić information content (AvgIpc) is 2.95. The van der Waals surface area contributed by atoms with Crippen LogP contribution in [0.4, 0.5) is 0 Å². The first kappa shape index (κ1) is 29.8. The molecule has 1 heteroatoms. The van der Waals surface area contributed by atoms with E-state index in [0.29, 0.717) is 5.41 Å². The molecule has 1 aliphatic carbocycles. The molecule has 1 saturated carbocycles. The Morgan fingerprint density at radius 3 is 1.95 bits per heavy atom. The fourth-order valence-electron chi connectivity index (χ4n) is 6.79. The van der Waals surface area contributed by atoms with E-state index < -0.39 is 0 Å². The van der Waals surface area contributed by atoms with Crippen molar-refractivity contribution in [1.82, 2.24) is 0 Å². The van der Waals surface area contributed by atoms with Crippen molar-refractivity contribution in [3.63, 3.8) is 0 Å². The molecular formula is C36H56O. The lowest BCUT2D eigenvalue weighted by Gasteiger charge is -2.31. The Balaban J connectivity index is 1.79. The van der Waals surface area contributed by atoms with E-state index in [1.807, 2.05) is 0 Å². The Bertz CT molecular complexity index is 933. The first-order valence-electron chi connectivity index (χ1n) is 15.8. The number of ether oxygens (including phenoxy) is 1. The van der Waals surface area contributed by atoms with Crippen molar-refractivity contribution < 1.29 is 4.74 Å². The second kappa shape index (κ2) is 14.4. The Morgan fingerprint density at radius 2 is 1.41 bits per heavy atom. The monoisotopic (exact) mass is 504 g/mol. The smallest absolute Gasteiger partial charge is 0.125 e. The summed E-state index contributed by atoms with van der Waals surface area (Å²) in [5, 5.41) is 0. The van der Waals surface area contributed by atoms with E-state index >= 15 is 0 Å². The van der Waals surface area contributed by atoms with E-state index in [1.165, 1.54) is 96.9 Å². The van der Waals surface area contributed by atoms with Gasteiger partial charge in [-0.15, -0.1) is 0 Å². The minimum absolute atomic E-state index is 0.420. The predicted octanol–water partition coefficient (Wildman–Crippen LogP) is 10.8. The molecule has 0 saturated heterocycles. The molecule has 0 N–H and O–H groups in total. The molecule has 0 spiro atoms. The van der Waals surface area contributed by atoms with Gasteiger partial charge in [-0.25, -0.2) is 0 Å². The minimum Gasteiger partial charge on any atom is -0.493 e. The topological polar surface area (TPSA) is 9.23 Å². The van der Waals surface area contributed by atoms with Crippen molar-refractivity contribution in [1.29, 1.82) is 0 Å². The van der Waals surface area contributed by atoms with Gasteiger partial charge in [0.05, 0.1) is 6.61 Å². The summed E-state index contributed by atoms with van der Waals surface area (Å²) in [6.45, 7) is 17.2. The zero-order chi connectivity index (χ0) is 26.8. The molecule has 0 aliphatic heterocycles. The van der Waals surface area contributed by atoms with Gasteiger partial charge in [-0.1, -0.05) is 118 Å². The Hall–Kier alpha value is -1.76. The van der Waals surface area contributed by atoms with Crippen LogP contribution in [0.15, 0.2) is 30.3 Å². The van der Waals surface area contributed by atoms with E-state index in [2.05, 4.69) is 78.8 Å². The first-order valence-corrected chi connectivity index (χ1v) is 15.8. The largest absolute Gasteiger partial charge is 0.493 e. The fraction of sp³-hybridized carbons (Fsp3) is 0.667. The molecule has 0 heterocycles. The molecule has 37 heavy (non-hydrogen) atoms. The van der Waals surface area contributed by atoms with Crippen molar-refractivity contribution in [3.8, 4) is 16.9 Å². The summed E-state index contributed by atoms with van der Waals surface area (Å²) in [6, 6.07) is 12.0. The average molecular weight is 505 g/mol. The van der Waals surface area contributed by atoms with Gasteiger partial charge in [-0.3, -0.25) is 0 Å². The van der Waals surface area contributed by atoms with Gasteiger partial charge in [-0.2, -0.15) is 0 Å². The highest BCUT2D eigenvalue weighted by atomic mass is 16.5. The molecule has 1 nitrogen and oxygen atoms in total. The van der Waals surface area contributed by atoms with Gasteiger partial charge in [-0.05, 0) is 95.2 Å². The van der Waals surface area contributed by atoms with E-state index in [9.17, 15) is 0 Å². The highest BCUT2D eigenvalue weighted by Gasteiger charge is 2.25. The van der Waals surface area contributed by atoms with Crippen LogP contribution in [0.2, 0.25) is 0 Å². The van der Waals surface area contributed by atoms with Crippen LogP contribution in [0.3, 0.4) is 0 Å². The summed E-state index contributed by atoms with van der Waals surface area (Å²) in [6.07, 6.45) is 16.2. The number of hydrogen-bond acceptors (Lipinski definition) is 1. The van der Waals surface area contributed by atoms with E-state index in [4.69, 9.17) is 4.74 Å². The highest BCUT2D eigenvalue weighted by Crippen LogP contribution is 2.39. The first-order chi connectivity index (χ1) is 17.9. The van der Waals surface area contributed by atoms with Crippen LogP contribution in [0.5, 0.6) is 5.75 Å². The van der Waals surface area contributed by atoms with Gasteiger partial charge in [0.25, 0.3) is 0 Å². The van der Waals surface area contributed by atoms with Crippen molar-refractivity contribution in [2.75, 3.05) is 6.61 Å². The second-order valence-corrected chi connectivity index (χ2v) is 12.0. The molecule has 3 rings (SSSR count). The van der Waals surface area contributed by atoms with Crippen LogP contribution in [-0.2, 0) is 25.7 Å². The number of aryl methyl sites for hydroxylation is 2. The zero-order valence-electron chi connectivity index (χ0n) is 25.3. The van der Waals surface area contributed by atoms with Crippen molar-refractivity contribution >= 4 is 0 Å². The third-order valence-corrected chi connectivity index (χ3v) is 10.0. The molecule has 0 atom stereocenters.